The van der Waals surface area contributed by atoms with Crippen LogP contribution in [0.25, 0.3) is 0 Å². The van der Waals surface area contributed by atoms with Crippen molar-refractivity contribution in [3.05, 3.63) is 9.13 Å². The van der Waals surface area contributed by atoms with E-state index in [4.69, 9.17) is 43.6 Å². The van der Waals surface area contributed by atoms with Crippen molar-refractivity contribution in [3.8, 4) is 0 Å². The van der Waals surface area contributed by atoms with Crippen LogP contribution in [0.2, 0.25) is 0 Å². The first-order chi connectivity index (χ1) is 13.7. The molecule has 2 aliphatic rings. The largest absolute Gasteiger partial charge is 0.368 e. The number of hydrogen-bond donors (Lipinski definition) is 5. The Labute approximate surface area is 205 Å². The van der Waals surface area contributed by atoms with Crippen LogP contribution in [0.1, 0.15) is 25.3 Å². The summed E-state index contributed by atoms with van der Waals surface area (Å²) in [5, 5.41) is 3.22. The van der Waals surface area contributed by atoms with Crippen molar-refractivity contribution in [1.82, 2.24) is 9.62 Å². The van der Waals surface area contributed by atoms with Gasteiger partial charge in [-0.15, -0.1) is 37.9 Å². The molecular weight excluding hydrogens is 559 g/mol. The molecule has 0 aliphatic carbocycles. The summed E-state index contributed by atoms with van der Waals surface area (Å²) in [5.74, 6) is -0.459. The van der Waals surface area contributed by atoms with Gasteiger partial charge in [0.05, 0.1) is 5.69 Å². The molecule has 0 aromatic heterocycles. The number of halogens is 1. The van der Waals surface area contributed by atoms with Crippen LogP contribution in [0.4, 0.5) is 5.69 Å². The number of nitrogens with two attached hydrogens (primary N) is 1. The fourth-order valence-electron chi connectivity index (χ4n) is 4.00. The van der Waals surface area contributed by atoms with E-state index >= 15 is 0 Å². The third-order valence-electron chi connectivity index (χ3n) is 5.77. The standard InChI is InChI=1S/C18H27IN4O2S4/c1-2-11-12(19)15(27)13(16(28)14(11)26)22-7-9-23(10-8-22)29(25)18(17(20)24)3-5-21-6-4-18/h21,26-28H,2-10H2,1H3,(H2,20,24). The monoisotopic (exact) mass is 586 g/mol. The van der Waals surface area contributed by atoms with E-state index < -0.39 is 21.6 Å². The van der Waals surface area contributed by atoms with Gasteiger partial charge < -0.3 is 16.0 Å². The Morgan fingerprint density at radius 3 is 2.24 bits per heavy atom. The van der Waals surface area contributed by atoms with Gasteiger partial charge in [-0.2, -0.15) is 0 Å². The van der Waals surface area contributed by atoms with Gasteiger partial charge in [-0.05, 0) is 60.5 Å². The molecule has 1 atom stereocenters. The second-order valence-corrected chi connectivity index (χ2v) is 11.5. The van der Waals surface area contributed by atoms with Gasteiger partial charge in [0, 0.05) is 44.4 Å². The third kappa shape index (κ3) is 4.47. The molecule has 1 aromatic rings. The van der Waals surface area contributed by atoms with Crippen molar-refractivity contribution in [2.24, 2.45) is 5.73 Å². The highest BCUT2D eigenvalue weighted by molar-refractivity contribution is 14.1. The first-order valence-corrected chi connectivity index (χ1v) is 13.1. The van der Waals surface area contributed by atoms with E-state index in [1.165, 1.54) is 0 Å². The normalized spacial score (nSPS) is 21.2. The number of hydrogen-bond acceptors (Lipinski definition) is 7. The van der Waals surface area contributed by atoms with Crippen molar-refractivity contribution in [2.45, 2.75) is 45.6 Å². The average molecular weight is 587 g/mol. The van der Waals surface area contributed by atoms with Gasteiger partial charge in [0.2, 0.25) is 5.91 Å². The summed E-state index contributed by atoms with van der Waals surface area (Å²) < 4.78 is 15.4. The van der Waals surface area contributed by atoms with E-state index in [1.54, 1.807) is 0 Å². The van der Waals surface area contributed by atoms with Crippen LogP contribution in [0.3, 0.4) is 0 Å². The zero-order valence-electron chi connectivity index (χ0n) is 16.3. The molecule has 1 unspecified atom stereocenters. The molecule has 29 heavy (non-hydrogen) atoms. The zero-order valence-corrected chi connectivity index (χ0v) is 21.9. The van der Waals surface area contributed by atoms with Crippen LogP contribution in [0, 0.1) is 3.57 Å². The van der Waals surface area contributed by atoms with Gasteiger partial charge in [0.1, 0.15) is 15.7 Å². The summed E-state index contributed by atoms with van der Waals surface area (Å²) in [6, 6.07) is 0. The van der Waals surface area contributed by atoms with E-state index in [0.29, 0.717) is 52.1 Å². The van der Waals surface area contributed by atoms with Gasteiger partial charge in [0.15, 0.2) is 0 Å². The van der Waals surface area contributed by atoms with Crippen LogP contribution in [-0.4, -0.2) is 58.4 Å². The summed E-state index contributed by atoms with van der Waals surface area (Å²) in [4.78, 5) is 17.1. The second kappa shape index (κ2) is 9.86. The van der Waals surface area contributed by atoms with E-state index in [9.17, 15) is 9.00 Å². The Morgan fingerprint density at radius 2 is 1.72 bits per heavy atom. The Morgan fingerprint density at radius 1 is 1.14 bits per heavy atom. The van der Waals surface area contributed by atoms with Gasteiger partial charge >= 0.3 is 0 Å². The topological polar surface area (TPSA) is 78.7 Å². The van der Waals surface area contributed by atoms with Crippen LogP contribution < -0.4 is 16.0 Å². The highest BCUT2D eigenvalue weighted by Gasteiger charge is 2.47. The van der Waals surface area contributed by atoms with Gasteiger partial charge in [-0.25, -0.2) is 8.51 Å². The number of piperazine rings is 1. The molecule has 3 rings (SSSR count). The number of nitrogens with zero attached hydrogens (tertiary/aromatic N) is 2. The zero-order chi connectivity index (χ0) is 21.3. The number of anilines is 1. The average Bonchev–Trinajstić information content (AvgIpc) is 2.73. The minimum absolute atomic E-state index is 0.459. The predicted molar refractivity (Wildman–Crippen MR) is 136 cm³/mol. The van der Waals surface area contributed by atoms with Crippen molar-refractivity contribution in [1.29, 1.82) is 0 Å². The minimum atomic E-state index is -1.44. The Hall–Kier alpha value is 0.340. The van der Waals surface area contributed by atoms with Crippen molar-refractivity contribution >= 4 is 83.1 Å². The number of amides is 1. The first kappa shape index (κ1) is 24.0. The van der Waals surface area contributed by atoms with Gasteiger partial charge in [-0.1, -0.05) is 6.92 Å². The summed E-state index contributed by atoms with van der Waals surface area (Å²) in [5.41, 5.74) is 7.83. The molecule has 0 bridgehead atoms. The number of piperidine rings is 1. The lowest BCUT2D eigenvalue weighted by Gasteiger charge is -2.42. The molecule has 0 radical (unpaired) electrons. The van der Waals surface area contributed by atoms with Crippen LogP contribution in [0.15, 0.2) is 14.7 Å². The first-order valence-electron chi connectivity index (χ1n) is 9.62. The maximum Gasteiger partial charge on any atom is 0.237 e. The smallest absolute Gasteiger partial charge is 0.237 e. The molecule has 6 nitrogen and oxygen atoms in total. The molecule has 2 fully saturated rings. The maximum absolute atomic E-state index is 13.3. The summed E-state index contributed by atoms with van der Waals surface area (Å²) in [6.45, 7) is 5.94. The van der Waals surface area contributed by atoms with Crippen molar-refractivity contribution < 1.29 is 9.00 Å². The molecule has 3 N–H and O–H groups in total. The molecule has 11 heteroatoms. The molecule has 2 heterocycles. The lowest BCUT2D eigenvalue weighted by molar-refractivity contribution is -0.121. The summed E-state index contributed by atoms with van der Waals surface area (Å²) >= 11 is 16.5. The second-order valence-electron chi connectivity index (χ2n) is 7.31. The van der Waals surface area contributed by atoms with E-state index in [2.05, 4.69) is 39.7 Å². The van der Waals surface area contributed by atoms with E-state index in [1.807, 2.05) is 4.31 Å². The van der Waals surface area contributed by atoms with Crippen LogP contribution in [-0.2, 0) is 22.2 Å². The fourth-order valence-corrected chi connectivity index (χ4v) is 8.08. The quantitative estimate of drug-likeness (QED) is 0.271. The molecular formula is C18H27IN4O2S4. The Bertz CT molecular complexity index is 796. The number of carbonyl (C=O) groups excluding carboxylic acids is 1. The summed E-state index contributed by atoms with van der Waals surface area (Å²) in [7, 11) is -1.44. The number of benzene rings is 1. The SMILES string of the molecule is CCc1c(S)c(S)c(N2CCN(S(=O)C3(C(N)=O)CCNCC3)CC2)c(S)c1I. The molecule has 0 spiro atoms. The van der Waals surface area contributed by atoms with E-state index in [0.717, 1.165) is 35.9 Å². The molecule has 1 aromatic carbocycles. The summed E-state index contributed by atoms with van der Waals surface area (Å²) in [6.07, 6.45) is 1.89. The number of nitrogens with one attached hydrogen (secondary N) is 1. The van der Waals surface area contributed by atoms with E-state index in [-0.39, 0.29) is 0 Å². The molecule has 2 aliphatic heterocycles. The maximum atomic E-state index is 13.3. The van der Waals surface area contributed by atoms with Gasteiger partial charge in [-0.3, -0.25) is 4.79 Å². The van der Waals surface area contributed by atoms with Gasteiger partial charge in [0.25, 0.3) is 0 Å². The third-order valence-corrected chi connectivity index (χ3v) is 11.0. The van der Waals surface area contributed by atoms with Crippen molar-refractivity contribution in [2.75, 3.05) is 44.2 Å². The lowest BCUT2D eigenvalue weighted by Crippen LogP contribution is -2.60. The van der Waals surface area contributed by atoms with Crippen LogP contribution in [0.5, 0.6) is 0 Å². The number of carbonyl (C=O) groups is 1. The molecule has 162 valence electrons. The molecule has 2 saturated heterocycles. The number of primary amides is 1. The minimum Gasteiger partial charge on any atom is -0.368 e. The molecule has 1 amide bonds. The Kier molecular flexibility index (Phi) is 8.16. The highest BCUT2D eigenvalue weighted by atomic mass is 127. The number of thiol groups is 3. The predicted octanol–water partition coefficient (Wildman–Crippen LogP) is 2.11. The lowest BCUT2D eigenvalue weighted by atomic mass is 9.96. The highest BCUT2D eigenvalue weighted by Crippen LogP contribution is 2.42. The van der Waals surface area contributed by atoms with Crippen LogP contribution >= 0.6 is 60.5 Å². The van der Waals surface area contributed by atoms with Crippen molar-refractivity contribution in [3.63, 3.8) is 0 Å². The Balaban J connectivity index is 1.79. The molecule has 0 saturated carbocycles. The number of rotatable bonds is 5. The fraction of sp³-hybridized carbons (Fsp3) is 0.611.